The van der Waals surface area contributed by atoms with Crippen molar-refractivity contribution in [3.63, 3.8) is 0 Å². The number of rotatable bonds is 6. The SMILES string of the molecule is CN(C)CCC(C#N)c1ccccc1Sc1ccc(Cl)cc1. The maximum absolute atomic E-state index is 9.52. The van der Waals surface area contributed by atoms with E-state index in [2.05, 4.69) is 23.1 Å². The van der Waals surface area contributed by atoms with Gasteiger partial charge in [0.05, 0.1) is 12.0 Å². The molecule has 0 aliphatic carbocycles. The Morgan fingerprint density at radius 2 is 1.82 bits per heavy atom. The van der Waals surface area contributed by atoms with Crippen molar-refractivity contribution in [2.24, 2.45) is 0 Å². The fourth-order valence-electron chi connectivity index (χ4n) is 2.17. The summed E-state index contributed by atoms with van der Waals surface area (Å²) < 4.78 is 0. The number of hydrogen-bond acceptors (Lipinski definition) is 3. The van der Waals surface area contributed by atoms with Crippen molar-refractivity contribution < 1.29 is 0 Å². The first-order chi connectivity index (χ1) is 10.6. The summed E-state index contributed by atoms with van der Waals surface area (Å²) in [5, 5.41) is 10.3. The van der Waals surface area contributed by atoms with Gasteiger partial charge in [-0.1, -0.05) is 41.6 Å². The molecule has 114 valence electrons. The Morgan fingerprint density at radius 3 is 2.45 bits per heavy atom. The molecule has 0 bridgehead atoms. The molecule has 0 saturated heterocycles. The Bertz CT molecular complexity index is 647. The Kier molecular flexibility index (Phi) is 6.33. The van der Waals surface area contributed by atoms with Crippen molar-refractivity contribution in [1.82, 2.24) is 4.90 Å². The lowest BCUT2D eigenvalue weighted by atomic mass is 9.97. The molecular weight excluding hydrogens is 312 g/mol. The quantitative estimate of drug-likeness (QED) is 0.741. The van der Waals surface area contributed by atoms with E-state index in [0.29, 0.717) is 0 Å². The molecule has 1 atom stereocenters. The fourth-order valence-corrected chi connectivity index (χ4v) is 3.29. The minimum atomic E-state index is -0.0848. The summed E-state index contributed by atoms with van der Waals surface area (Å²) in [6, 6.07) is 18.4. The van der Waals surface area contributed by atoms with Gasteiger partial charge in [0.1, 0.15) is 0 Å². The molecule has 0 amide bonds. The molecule has 0 aliphatic heterocycles. The van der Waals surface area contributed by atoms with E-state index < -0.39 is 0 Å². The molecule has 0 radical (unpaired) electrons. The standard InChI is InChI=1S/C18H19ClN2S/c1-21(2)12-11-14(13-20)17-5-3-4-6-18(17)22-16-9-7-15(19)8-10-16/h3-10,14H,11-12H2,1-2H3. The maximum Gasteiger partial charge on any atom is 0.0735 e. The Hall–Kier alpha value is -1.47. The number of benzene rings is 2. The molecule has 22 heavy (non-hydrogen) atoms. The second-order valence-corrected chi connectivity index (χ2v) is 6.92. The predicted octanol–water partition coefficient (Wildman–Crippen LogP) is 5.05. The van der Waals surface area contributed by atoms with E-state index in [1.165, 1.54) is 0 Å². The van der Waals surface area contributed by atoms with Gasteiger partial charge >= 0.3 is 0 Å². The van der Waals surface area contributed by atoms with Crippen molar-refractivity contribution in [3.05, 3.63) is 59.1 Å². The van der Waals surface area contributed by atoms with Crippen LogP contribution in [0.1, 0.15) is 17.9 Å². The fraction of sp³-hybridized carbons (Fsp3) is 0.278. The summed E-state index contributed by atoms with van der Waals surface area (Å²) in [7, 11) is 4.06. The monoisotopic (exact) mass is 330 g/mol. The van der Waals surface area contributed by atoms with E-state index in [-0.39, 0.29) is 5.92 Å². The van der Waals surface area contributed by atoms with Gasteiger partial charge < -0.3 is 4.90 Å². The minimum Gasteiger partial charge on any atom is -0.309 e. The van der Waals surface area contributed by atoms with Crippen LogP contribution in [0.3, 0.4) is 0 Å². The molecule has 0 saturated carbocycles. The number of hydrogen-bond donors (Lipinski definition) is 0. The summed E-state index contributed by atoms with van der Waals surface area (Å²) >= 11 is 7.61. The molecule has 0 heterocycles. The lowest BCUT2D eigenvalue weighted by Crippen LogP contribution is -2.15. The van der Waals surface area contributed by atoms with Gasteiger partial charge in [-0.2, -0.15) is 5.26 Å². The zero-order valence-electron chi connectivity index (χ0n) is 12.8. The van der Waals surface area contributed by atoms with E-state index in [0.717, 1.165) is 33.3 Å². The number of nitriles is 1. The average Bonchev–Trinajstić information content (AvgIpc) is 2.51. The van der Waals surface area contributed by atoms with Crippen LogP contribution in [-0.2, 0) is 0 Å². The van der Waals surface area contributed by atoms with Crippen molar-refractivity contribution in [2.75, 3.05) is 20.6 Å². The second-order valence-electron chi connectivity index (χ2n) is 5.37. The third-order valence-corrected chi connectivity index (χ3v) is 4.71. The Labute approximate surface area is 141 Å². The first-order valence-corrected chi connectivity index (χ1v) is 8.36. The van der Waals surface area contributed by atoms with Gasteiger partial charge in [-0.3, -0.25) is 0 Å². The normalized spacial score (nSPS) is 12.1. The molecule has 0 aliphatic rings. The molecule has 0 aromatic heterocycles. The van der Waals surface area contributed by atoms with Crippen LogP contribution in [0, 0.1) is 11.3 Å². The smallest absolute Gasteiger partial charge is 0.0735 e. The highest BCUT2D eigenvalue weighted by Crippen LogP contribution is 2.35. The van der Waals surface area contributed by atoms with Crippen LogP contribution < -0.4 is 0 Å². The van der Waals surface area contributed by atoms with Gasteiger partial charge in [-0.15, -0.1) is 0 Å². The van der Waals surface area contributed by atoms with Gasteiger partial charge in [-0.05, 0) is 63.0 Å². The Morgan fingerprint density at radius 1 is 1.14 bits per heavy atom. The van der Waals surface area contributed by atoms with E-state index in [1.807, 2.05) is 50.5 Å². The number of halogens is 1. The first kappa shape index (κ1) is 16.9. The highest BCUT2D eigenvalue weighted by Gasteiger charge is 2.15. The van der Waals surface area contributed by atoms with Gasteiger partial charge in [0.2, 0.25) is 0 Å². The van der Waals surface area contributed by atoms with E-state index in [1.54, 1.807) is 11.8 Å². The molecule has 1 unspecified atom stereocenters. The molecule has 0 spiro atoms. The third kappa shape index (κ3) is 4.78. The minimum absolute atomic E-state index is 0.0848. The molecule has 2 aromatic rings. The van der Waals surface area contributed by atoms with Crippen LogP contribution >= 0.6 is 23.4 Å². The maximum atomic E-state index is 9.52. The summed E-state index contributed by atoms with van der Waals surface area (Å²) in [6.45, 7) is 0.901. The zero-order chi connectivity index (χ0) is 15.9. The molecule has 4 heteroatoms. The summed E-state index contributed by atoms with van der Waals surface area (Å²) in [6.07, 6.45) is 0.835. The molecular formula is C18H19ClN2S. The van der Waals surface area contributed by atoms with Crippen molar-refractivity contribution in [1.29, 1.82) is 5.26 Å². The van der Waals surface area contributed by atoms with Gasteiger partial charge in [0.25, 0.3) is 0 Å². The lowest BCUT2D eigenvalue weighted by Gasteiger charge is -2.16. The Balaban J connectivity index is 2.21. The average molecular weight is 331 g/mol. The molecule has 2 rings (SSSR count). The highest BCUT2D eigenvalue weighted by atomic mass is 35.5. The summed E-state index contributed by atoms with van der Waals surface area (Å²) in [5.41, 5.74) is 1.10. The van der Waals surface area contributed by atoms with Crippen LogP contribution in [0.2, 0.25) is 5.02 Å². The highest BCUT2D eigenvalue weighted by molar-refractivity contribution is 7.99. The zero-order valence-corrected chi connectivity index (χ0v) is 14.4. The topological polar surface area (TPSA) is 27.0 Å². The van der Waals surface area contributed by atoms with Crippen molar-refractivity contribution in [2.45, 2.75) is 22.1 Å². The molecule has 2 nitrogen and oxygen atoms in total. The first-order valence-electron chi connectivity index (χ1n) is 7.17. The van der Waals surface area contributed by atoms with Crippen LogP contribution in [0.25, 0.3) is 0 Å². The van der Waals surface area contributed by atoms with E-state index in [4.69, 9.17) is 11.6 Å². The third-order valence-electron chi connectivity index (χ3n) is 3.36. The van der Waals surface area contributed by atoms with E-state index >= 15 is 0 Å². The lowest BCUT2D eigenvalue weighted by molar-refractivity contribution is 0.393. The van der Waals surface area contributed by atoms with Crippen molar-refractivity contribution >= 4 is 23.4 Å². The second kappa shape index (κ2) is 8.24. The van der Waals surface area contributed by atoms with Crippen LogP contribution in [0.15, 0.2) is 58.3 Å². The van der Waals surface area contributed by atoms with Gasteiger partial charge in [-0.25, -0.2) is 0 Å². The number of nitrogens with zero attached hydrogens (tertiary/aromatic N) is 2. The van der Waals surface area contributed by atoms with Crippen LogP contribution in [0.4, 0.5) is 0 Å². The van der Waals surface area contributed by atoms with Gasteiger partial charge in [0.15, 0.2) is 0 Å². The van der Waals surface area contributed by atoms with Crippen molar-refractivity contribution in [3.8, 4) is 6.07 Å². The molecule has 0 N–H and O–H groups in total. The van der Waals surface area contributed by atoms with Crippen LogP contribution in [-0.4, -0.2) is 25.5 Å². The molecule has 2 aromatic carbocycles. The predicted molar refractivity (Wildman–Crippen MR) is 93.5 cm³/mol. The largest absolute Gasteiger partial charge is 0.309 e. The summed E-state index contributed by atoms with van der Waals surface area (Å²) in [5.74, 6) is -0.0848. The van der Waals surface area contributed by atoms with Gasteiger partial charge in [0, 0.05) is 14.8 Å². The summed E-state index contributed by atoms with van der Waals surface area (Å²) in [4.78, 5) is 4.37. The molecule has 0 fully saturated rings. The van der Waals surface area contributed by atoms with E-state index in [9.17, 15) is 5.26 Å². The van der Waals surface area contributed by atoms with Crippen LogP contribution in [0.5, 0.6) is 0 Å².